The highest BCUT2D eigenvalue weighted by molar-refractivity contribution is 9.10. The fraction of sp³-hybridized carbons (Fsp3) is 0. The Labute approximate surface area is 123 Å². The van der Waals surface area contributed by atoms with Crippen LogP contribution < -0.4 is 10.5 Å². The Bertz CT molecular complexity index is 833. The molecule has 0 aliphatic heterocycles. The molecule has 1 aromatic heterocycles. The summed E-state index contributed by atoms with van der Waals surface area (Å²) in [4.78, 5) is 0. The minimum absolute atomic E-state index is 0.148. The van der Waals surface area contributed by atoms with Crippen LogP contribution in [0.25, 0.3) is 11.0 Å². The summed E-state index contributed by atoms with van der Waals surface area (Å²) in [6, 6.07) is 14.6. The molecule has 5 heteroatoms. The molecule has 0 aliphatic carbocycles. The van der Waals surface area contributed by atoms with E-state index in [-0.39, 0.29) is 5.76 Å². The molecule has 0 atom stereocenters. The quantitative estimate of drug-likeness (QED) is 0.706. The Morgan fingerprint density at radius 1 is 1.20 bits per heavy atom. The number of fused-ring (bicyclic) bond motifs is 1. The SMILES string of the molecule is N#Cc1oc2ccccc2c1Oc1ccc(N)cc1Br. The van der Waals surface area contributed by atoms with Gasteiger partial charge in [-0.15, -0.1) is 0 Å². The van der Waals surface area contributed by atoms with Crippen LogP contribution in [0.15, 0.2) is 51.4 Å². The minimum Gasteiger partial charge on any atom is -0.451 e. The molecule has 0 unspecified atom stereocenters. The van der Waals surface area contributed by atoms with E-state index in [0.717, 1.165) is 5.39 Å². The predicted octanol–water partition coefficient (Wildman–Crippen LogP) is 4.44. The Balaban J connectivity index is 2.12. The van der Waals surface area contributed by atoms with Crippen LogP contribution in [0.5, 0.6) is 11.5 Å². The number of nitrogen functional groups attached to an aromatic ring is 1. The van der Waals surface area contributed by atoms with E-state index in [2.05, 4.69) is 15.9 Å². The molecule has 2 aromatic carbocycles. The summed E-state index contributed by atoms with van der Waals surface area (Å²) in [5.74, 6) is 1.13. The van der Waals surface area contributed by atoms with Crippen molar-refractivity contribution >= 4 is 32.6 Å². The Morgan fingerprint density at radius 2 is 2.00 bits per heavy atom. The van der Waals surface area contributed by atoms with E-state index in [1.807, 2.05) is 24.3 Å². The average molecular weight is 329 g/mol. The number of benzene rings is 2. The molecule has 1 heterocycles. The Hall–Kier alpha value is -2.45. The summed E-state index contributed by atoms with van der Waals surface area (Å²) in [6.07, 6.45) is 0. The van der Waals surface area contributed by atoms with E-state index in [9.17, 15) is 0 Å². The van der Waals surface area contributed by atoms with Crippen molar-refractivity contribution in [2.24, 2.45) is 0 Å². The molecule has 20 heavy (non-hydrogen) atoms. The number of nitrogens with zero attached hydrogens (tertiary/aromatic N) is 1. The number of nitriles is 1. The van der Waals surface area contributed by atoms with Crippen molar-refractivity contribution in [1.29, 1.82) is 5.26 Å². The number of furan rings is 1. The Kier molecular flexibility index (Phi) is 3.09. The highest BCUT2D eigenvalue weighted by atomic mass is 79.9. The topological polar surface area (TPSA) is 72.2 Å². The van der Waals surface area contributed by atoms with E-state index in [4.69, 9.17) is 20.1 Å². The number of hydrogen-bond donors (Lipinski definition) is 1. The second-order valence-corrected chi connectivity index (χ2v) is 5.01. The van der Waals surface area contributed by atoms with Crippen molar-refractivity contribution in [1.82, 2.24) is 0 Å². The van der Waals surface area contributed by atoms with E-state index >= 15 is 0 Å². The van der Waals surface area contributed by atoms with Gasteiger partial charge < -0.3 is 14.9 Å². The lowest BCUT2D eigenvalue weighted by atomic mass is 10.2. The first-order chi connectivity index (χ1) is 9.69. The molecule has 0 saturated carbocycles. The molecule has 0 radical (unpaired) electrons. The van der Waals surface area contributed by atoms with Gasteiger partial charge in [0.1, 0.15) is 17.4 Å². The number of hydrogen-bond acceptors (Lipinski definition) is 4. The lowest BCUT2D eigenvalue weighted by Gasteiger charge is -2.07. The third kappa shape index (κ3) is 2.10. The van der Waals surface area contributed by atoms with Crippen LogP contribution in [0.4, 0.5) is 5.69 Å². The monoisotopic (exact) mass is 328 g/mol. The maximum atomic E-state index is 9.16. The number of anilines is 1. The molecule has 0 bridgehead atoms. The third-order valence-corrected chi connectivity index (χ3v) is 3.44. The van der Waals surface area contributed by atoms with Gasteiger partial charge in [-0.2, -0.15) is 5.26 Å². The fourth-order valence-corrected chi connectivity index (χ4v) is 2.38. The van der Waals surface area contributed by atoms with E-state index in [1.54, 1.807) is 24.3 Å². The predicted molar refractivity (Wildman–Crippen MR) is 79.6 cm³/mol. The summed E-state index contributed by atoms with van der Waals surface area (Å²) < 4.78 is 12.0. The third-order valence-electron chi connectivity index (χ3n) is 2.82. The van der Waals surface area contributed by atoms with Crippen molar-refractivity contribution in [2.75, 3.05) is 5.73 Å². The van der Waals surface area contributed by atoms with Gasteiger partial charge in [-0.05, 0) is 46.3 Å². The molecular weight excluding hydrogens is 320 g/mol. The molecule has 0 saturated heterocycles. The van der Waals surface area contributed by atoms with Crippen LogP contribution in [0, 0.1) is 11.3 Å². The normalized spacial score (nSPS) is 10.4. The van der Waals surface area contributed by atoms with Crippen molar-refractivity contribution in [3.63, 3.8) is 0 Å². The largest absolute Gasteiger partial charge is 0.451 e. The van der Waals surface area contributed by atoms with Gasteiger partial charge in [0.2, 0.25) is 5.76 Å². The van der Waals surface area contributed by atoms with E-state index < -0.39 is 0 Å². The van der Waals surface area contributed by atoms with Crippen LogP contribution in [-0.2, 0) is 0 Å². The van der Waals surface area contributed by atoms with Gasteiger partial charge in [0, 0.05) is 5.69 Å². The van der Waals surface area contributed by atoms with Gasteiger partial charge in [0.05, 0.1) is 9.86 Å². The number of nitrogens with two attached hydrogens (primary N) is 1. The van der Waals surface area contributed by atoms with E-state index in [0.29, 0.717) is 27.2 Å². The van der Waals surface area contributed by atoms with Gasteiger partial charge in [0.15, 0.2) is 5.75 Å². The molecule has 3 rings (SSSR count). The first kappa shape index (κ1) is 12.6. The van der Waals surface area contributed by atoms with Gasteiger partial charge >= 0.3 is 0 Å². The number of rotatable bonds is 2. The van der Waals surface area contributed by atoms with Crippen molar-refractivity contribution in [3.8, 4) is 17.6 Å². The van der Waals surface area contributed by atoms with Crippen LogP contribution in [0.3, 0.4) is 0 Å². The Morgan fingerprint density at radius 3 is 2.75 bits per heavy atom. The summed E-state index contributed by atoms with van der Waals surface area (Å²) in [7, 11) is 0. The lowest BCUT2D eigenvalue weighted by molar-refractivity contribution is 0.464. The molecule has 4 nitrogen and oxygen atoms in total. The first-order valence-corrected chi connectivity index (χ1v) is 6.63. The van der Waals surface area contributed by atoms with Gasteiger partial charge in [-0.3, -0.25) is 0 Å². The second-order valence-electron chi connectivity index (χ2n) is 4.16. The van der Waals surface area contributed by atoms with Crippen molar-refractivity contribution < 1.29 is 9.15 Å². The number of para-hydroxylation sites is 1. The zero-order chi connectivity index (χ0) is 14.1. The maximum absolute atomic E-state index is 9.16. The summed E-state index contributed by atoms with van der Waals surface area (Å²) >= 11 is 3.38. The molecule has 0 amide bonds. The zero-order valence-corrected chi connectivity index (χ0v) is 11.8. The average Bonchev–Trinajstić information content (AvgIpc) is 2.80. The minimum atomic E-state index is 0.148. The highest BCUT2D eigenvalue weighted by Gasteiger charge is 2.16. The fourth-order valence-electron chi connectivity index (χ4n) is 1.91. The van der Waals surface area contributed by atoms with Crippen LogP contribution in [-0.4, -0.2) is 0 Å². The van der Waals surface area contributed by atoms with Crippen LogP contribution in [0.1, 0.15) is 5.76 Å². The summed E-state index contributed by atoms with van der Waals surface area (Å²) in [5, 5.41) is 9.91. The summed E-state index contributed by atoms with van der Waals surface area (Å²) in [5.41, 5.74) is 6.93. The van der Waals surface area contributed by atoms with Gasteiger partial charge in [0.25, 0.3) is 0 Å². The first-order valence-electron chi connectivity index (χ1n) is 5.83. The lowest BCUT2D eigenvalue weighted by Crippen LogP contribution is -1.89. The molecule has 3 aromatic rings. The standard InChI is InChI=1S/C15H9BrN2O2/c16-11-7-9(18)5-6-13(11)20-15-10-3-1-2-4-12(10)19-14(15)8-17/h1-7H,18H2. The molecule has 0 fully saturated rings. The maximum Gasteiger partial charge on any atom is 0.247 e. The summed E-state index contributed by atoms with van der Waals surface area (Å²) in [6.45, 7) is 0. The molecule has 98 valence electrons. The van der Waals surface area contributed by atoms with Crippen LogP contribution >= 0.6 is 15.9 Å². The van der Waals surface area contributed by atoms with Crippen LogP contribution in [0.2, 0.25) is 0 Å². The molecule has 0 spiro atoms. The van der Waals surface area contributed by atoms with Gasteiger partial charge in [-0.25, -0.2) is 0 Å². The molecule has 0 aliphatic rings. The number of halogens is 1. The van der Waals surface area contributed by atoms with Gasteiger partial charge in [-0.1, -0.05) is 12.1 Å². The number of ether oxygens (including phenoxy) is 1. The molecule has 2 N–H and O–H groups in total. The molecular formula is C15H9BrN2O2. The smallest absolute Gasteiger partial charge is 0.247 e. The second kappa shape index (κ2) is 4.91. The van der Waals surface area contributed by atoms with E-state index in [1.165, 1.54) is 0 Å². The van der Waals surface area contributed by atoms with Crippen molar-refractivity contribution in [3.05, 3.63) is 52.7 Å². The highest BCUT2D eigenvalue weighted by Crippen LogP contribution is 2.38. The zero-order valence-electron chi connectivity index (χ0n) is 10.3. The van der Waals surface area contributed by atoms with Crippen molar-refractivity contribution in [2.45, 2.75) is 0 Å².